The summed E-state index contributed by atoms with van der Waals surface area (Å²) >= 11 is 0. The Morgan fingerprint density at radius 3 is 2.25 bits per heavy atom. The van der Waals surface area contributed by atoms with Gasteiger partial charge in [-0.3, -0.25) is 0 Å². The molecule has 24 heavy (non-hydrogen) atoms. The van der Waals surface area contributed by atoms with E-state index in [0.29, 0.717) is 6.54 Å². The number of nitrogens with two attached hydrogens (primary N) is 1. The molecule has 2 aromatic carbocycles. The first kappa shape index (κ1) is 18.2. The lowest BCUT2D eigenvalue weighted by Gasteiger charge is -2.07. The molecule has 3 rings (SSSR count). The van der Waals surface area contributed by atoms with Gasteiger partial charge in [-0.1, -0.05) is 12.1 Å². The van der Waals surface area contributed by atoms with E-state index in [1.54, 1.807) is 14.2 Å². The average molecular weight is 347 g/mol. The highest BCUT2D eigenvalue weighted by molar-refractivity contribution is 5.86. The van der Waals surface area contributed by atoms with E-state index in [0.717, 1.165) is 24.5 Å². The SMILES string of the molecule is COc1ccc(Cn2cc(CCN)c3cc(OC)ccc32)cc1.Cl. The monoisotopic (exact) mass is 346 g/mol. The van der Waals surface area contributed by atoms with Crippen molar-refractivity contribution in [2.45, 2.75) is 13.0 Å². The van der Waals surface area contributed by atoms with E-state index in [9.17, 15) is 0 Å². The van der Waals surface area contributed by atoms with E-state index in [2.05, 4.69) is 35.0 Å². The molecule has 0 aliphatic rings. The van der Waals surface area contributed by atoms with Gasteiger partial charge in [-0.15, -0.1) is 12.4 Å². The summed E-state index contributed by atoms with van der Waals surface area (Å²) in [6.07, 6.45) is 3.06. The number of methoxy groups -OCH3 is 2. The van der Waals surface area contributed by atoms with Gasteiger partial charge >= 0.3 is 0 Å². The average Bonchev–Trinajstić information content (AvgIpc) is 2.93. The topological polar surface area (TPSA) is 49.4 Å². The number of hydrogen-bond donors (Lipinski definition) is 1. The highest BCUT2D eigenvalue weighted by Gasteiger charge is 2.10. The summed E-state index contributed by atoms with van der Waals surface area (Å²) in [4.78, 5) is 0. The summed E-state index contributed by atoms with van der Waals surface area (Å²) in [7, 11) is 3.37. The third-order valence-corrected chi connectivity index (χ3v) is 4.10. The summed E-state index contributed by atoms with van der Waals surface area (Å²) in [5, 5.41) is 1.21. The lowest BCUT2D eigenvalue weighted by atomic mass is 10.1. The van der Waals surface area contributed by atoms with E-state index < -0.39 is 0 Å². The summed E-state index contributed by atoms with van der Waals surface area (Å²) in [6, 6.07) is 14.4. The van der Waals surface area contributed by atoms with Crippen LogP contribution in [0.5, 0.6) is 11.5 Å². The van der Waals surface area contributed by atoms with Crippen LogP contribution in [0.3, 0.4) is 0 Å². The van der Waals surface area contributed by atoms with Crippen LogP contribution in [0.4, 0.5) is 0 Å². The van der Waals surface area contributed by atoms with Crippen molar-refractivity contribution in [3.63, 3.8) is 0 Å². The minimum absolute atomic E-state index is 0. The highest BCUT2D eigenvalue weighted by Crippen LogP contribution is 2.27. The fourth-order valence-electron chi connectivity index (χ4n) is 2.89. The molecule has 0 spiro atoms. The first-order valence-corrected chi connectivity index (χ1v) is 7.74. The summed E-state index contributed by atoms with van der Waals surface area (Å²) < 4.78 is 12.8. The molecule has 0 bridgehead atoms. The van der Waals surface area contributed by atoms with E-state index in [4.69, 9.17) is 15.2 Å². The molecular formula is C19H23ClN2O2. The molecule has 0 aliphatic heterocycles. The van der Waals surface area contributed by atoms with Crippen molar-refractivity contribution in [3.05, 3.63) is 59.8 Å². The zero-order chi connectivity index (χ0) is 16.2. The molecule has 1 heterocycles. The Morgan fingerprint density at radius 2 is 1.62 bits per heavy atom. The fourth-order valence-corrected chi connectivity index (χ4v) is 2.89. The first-order chi connectivity index (χ1) is 11.2. The number of nitrogens with zero attached hydrogens (tertiary/aromatic N) is 1. The lowest BCUT2D eigenvalue weighted by Crippen LogP contribution is -2.02. The van der Waals surface area contributed by atoms with E-state index in [-0.39, 0.29) is 12.4 Å². The first-order valence-electron chi connectivity index (χ1n) is 7.74. The second kappa shape index (κ2) is 8.08. The number of ether oxygens (including phenoxy) is 2. The lowest BCUT2D eigenvalue weighted by molar-refractivity contribution is 0.414. The van der Waals surface area contributed by atoms with Crippen molar-refractivity contribution in [1.82, 2.24) is 4.57 Å². The summed E-state index contributed by atoms with van der Waals surface area (Å²) in [5.41, 5.74) is 9.45. The third kappa shape index (κ3) is 3.66. The number of hydrogen-bond acceptors (Lipinski definition) is 3. The van der Waals surface area contributed by atoms with Crippen LogP contribution in [0.1, 0.15) is 11.1 Å². The van der Waals surface area contributed by atoms with Gasteiger partial charge in [0.15, 0.2) is 0 Å². The van der Waals surface area contributed by atoms with Gasteiger partial charge in [-0.05, 0) is 54.4 Å². The predicted molar refractivity (Wildman–Crippen MR) is 101 cm³/mol. The fraction of sp³-hybridized carbons (Fsp3) is 0.263. The van der Waals surface area contributed by atoms with Crippen molar-refractivity contribution in [2.24, 2.45) is 5.73 Å². The van der Waals surface area contributed by atoms with Crippen molar-refractivity contribution >= 4 is 23.3 Å². The molecule has 0 saturated heterocycles. The Hall–Kier alpha value is -2.17. The number of rotatable bonds is 6. The summed E-state index contributed by atoms with van der Waals surface area (Å²) in [5.74, 6) is 1.75. The Labute approximate surface area is 148 Å². The van der Waals surface area contributed by atoms with Crippen LogP contribution in [-0.2, 0) is 13.0 Å². The van der Waals surface area contributed by atoms with Crippen LogP contribution < -0.4 is 15.2 Å². The standard InChI is InChI=1S/C19H22N2O2.ClH/c1-22-16-5-3-14(4-6-16)12-21-13-15(9-10-20)18-11-17(23-2)7-8-19(18)21;/h3-8,11,13H,9-10,12,20H2,1-2H3;1H. The molecular weight excluding hydrogens is 324 g/mol. The zero-order valence-corrected chi connectivity index (χ0v) is 14.8. The van der Waals surface area contributed by atoms with Gasteiger partial charge in [-0.25, -0.2) is 0 Å². The van der Waals surface area contributed by atoms with Gasteiger partial charge in [0.05, 0.1) is 14.2 Å². The smallest absolute Gasteiger partial charge is 0.119 e. The van der Waals surface area contributed by atoms with Crippen molar-refractivity contribution < 1.29 is 9.47 Å². The Bertz CT molecular complexity index is 797. The van der Waals surface area contributed by atoms with Crippen molar-refractivity contribution in [3.8, 4) is 11.5 Å². The minimum atomic E-state index is 0. The number of benzene rings is 2. The van der Waals surface area contributed by atoms with Gasteiger partial charge in [0.2, 0.25) is 0 Å². The van der Waals surface area contributed by atoms with Crippen LogP contribution in [0, 0.1) is 0 Å². The second-order valence-corrected chi connectivity index (χ2v) is 5.55. The molecule has 0 radical (unpaired) electrons. The highest BCUT2D eigenvalue weighted by atomic mass is 35.5. The Morgan fingerprint density at radius 1 is 0.958 bits per heavy atom. The third-order valence-electron chi connectivity index (χ3n) is 4.10. The van der Waals surface area contributed by atoms with Crippen LogP contribution in [0.25, 0.3) is 10.9 Å². The molecule has 2 N–H and O–H groups in total. The number of aromatic nitrogens is 1. The molecule has 1 aromatic heterocycles. The van der Waals surface area contributed by atoms with Gasteiger partial charge in [0.25, 0.3) is 0 Å². The van der Waals surface area contributed by atoms with E-state index >= 15 is 0 Å². The molecule has 0 fully saturated rings. The maximum absolute atomic E-state index is 5.76. The van der Waals surface area contributed by atoms with Gasteiger partial charge < -0.3 is 19.8 Å². The largest absolute Gasteiger partial charge is 0.497 e. The van der Waals surface area contributed by atoms with Crippen LogP contribution >= 0.6 is 12.4 Å². The molecule has 3 aromatic rings. The molecule has 0 atom stereocenters. The molecule has 0 aliphatic carbocycles. The zero-order valence-electron chi connectivity index (χ0n) is 14.0. The maximum atomic E-state index is 5.76. The molecule has 0 saturated carbocycles. The van der Waals surface area contributed by atoms with Crippen LogP contribution in [0.15, 0.2) is 48.7 Å². The quantitative estimate of drug-likeness (QED) is 0.741. The second-order valence-electron chi connectivity index (χ2n) is 5.55. The molecule has 0 amide bonds. The predicted octanol–water partition coefficient (Wildman–Crippen LogP) is 3.63. The van der Waals surface area contributed by atoms with Crippen LogP contribution in [0.2, 0.25) is 0 Å². The summed E-state index contributed by atoms with van der Waals surface area (Å²) in [6.45, 7) is 1.45. The maximum Gasteiger partial charge on any atom is 0.119 e. The van der Waals surface area contributed by atoms with Gasteiger partial charge in [0, 0.05) is 23.6 Å². The Balaban J connectivity index is 0.00000208. The van der Waals surface area contributed by atoms with Gasteiger partial charge in [0.1, 0.15) is 11.5 Å². The van der Waals surface area contributed by atoms with Gasteiger partial charge in [-0.2, -0.15) is 0 Å². The van der Waals surface area contributed by atoms with Crippen molar-refractivity contribution in [2.75, 3.05) is 20.8 Å². The molecule has 128 valence electrons. The normalized spacial score (nSPS) is 10.5. The van der Waals surface area contributed by atoms with Crippen molar-refractivity contribution in [1.29, 1.82) is 0 Å². The van der Waals surface area contributed by atoms with E-state index in [1.807, 2.05) is 18.2 Å². The Kier molecular flexibility index (Phi) is 6.12. The molecule has 5 heteroatoms. The number of halogens is 1. The van der Waals surface area contributed by atoms with Crippen LogP contribution in [-0.4, -0.2) is 25.3 Å². The molecule has 4 nitrogen and oxygen atoms in total. The molecule has 0 unspecified atom stereocenters. The van der Waals surface area contributed by atoms with E-state index in [1.165, 1.54) is 22.0 Å². The minimum Gasteiger partial charge on any atom is -0.497 e. The number of fused-ring (bicyclic) bond motifs is 1.